The second-order valence-electron chi connectivity index (χ2n) is 5.79. The summed E-state index contributed by atoms with van der Waals surface area (Å²) in [7, 11) is 0. The molecular weight excluding hydrogens is 338 g/mol. The predicted octanol–water partition coefficient (Wildman–Crippen LogP) is 4.46. The van der Waals surface area contributed by atoms with Crippen LogP contribution in [0, 0.1) is 0 Å². The van der Waals surface area contributed by atoms with E-state index in [-0.39, 0.29) is 11.8 Å². The highest BCUT2D eigenvalue weighted by molar-refractivity contribution is 6.33. The van der Waals surface area contributed by atoms with Crippen LogP contribution in [0.15, 0.2) is 48.8 Å². The Morgan fingerprint density at radius 1 is 1.04 bits per heavy atom. The van der Waals surface area contributed by atoms with Crippen LogP contribution in [0.25, 0.3) is 11.3 Å². The van der Waals surface area contributed by atoms with Gasteiger partial charge in [-0.1, -0.05) is 11.6 Å². The first kappa shape index (κ1) is 17.0. The highest BCUT2D eigenvalue weighted by atomic mass is 35.5. The van der Waals surface area contributed by atoms with Crippen molar-refractivity contribution in [3.63, 3.8) is 0 Å². The first-order chi connectivity index (χ1) is 12.0. The monoisotopic (exact) mass is 355 g/mol. The molecule has 128 valence electrons. The Morgan fingerprint density at radius 3 is 2.48 bits per heavy atom. The fourth-order valence-corrected chi connectivity index (χ4v) is 2.47. The van der Waals surface area contributed by atoms with Crippen molar-refractivity contribution >= 4 is 29.1 Å². The number of rotatable bonds is 5. The molecule has 1 aromatic carbocycles. The minimum absolute atomic E-state index is 0.109. The fraction of sp³-hybridized carbons (Fsp3) is 0.167. The van der Waals surface area contributed by atoms with E-state index in [2.05, 4.69) is 25.6 Å². The van der Waals surface area contributed by atoms with Crippen LogP contribution in [0.2, 0.25) is 5.02 Å². The predicted molar refractivity (Wildman–Crippen MR) is 100 cm³/mol. The van der Waals surface area contributed by atoms with Gasteiger partial charge in [0, 0.05) is 36.1 Å². The van der Waals surface area contributed by atoms with E-state index in [1.165, 1.54) is 6.07 Å². The Morgan fingerprint density at radius 2 is 1.80 bits per heavy atom. The van der Waals surface area contributed by atoms with Gasteiger partial charge in [-0.15, -0.1) is 0 Å². The van der Waals surface area contributed by atoms with Crippen molar-refractivity contribution < 1.29 is 5.11 Å². The Balaban J connectivity index is 2.00. The van der Waals surface area contributed by atoms with Gasteiger partial charge in [0.05, 0.1) is 16.4 Å². The third-order valence-corrected chi connectivity index (χ3v) is 3.65. The number of aromatic nitrogens is 3. The molecule has 0 aliphatic heterocycles. The molecule has 3 rings (SSSR count). The molecule has 7 heteroatoms. The molecule has 0 saturated heterocycles. The van der Waals surface area contributed by atoms with Crippen LogP contribution < -0.4 is 10.6 Å². The van der Waals surface area contributed by atoms with Crippen molar-refractivity contribution in [2.75, 3.05) is 10.6 Å². The second-order valence-corrected chi connectivity index (χ2v) is 6.19. The average Bonchev–Trinajstić information content (AvgIpc) is 2.57. The normalized spacial score (nSPS) is 10.7. The van der Waals surface area contributed by atoms with Gasteiger partial charge in [-0.05, 0) is 38.1 Å². The van der Waals surface area contributed by atoms with Gasteiger partial charge < -0.3 is 15.7 Å². The summed E-state index contributed by atoms with van der Waals surface area (Å²) in [5.41, 5.74) is 2.34. The van der Waals surface area contributed by atoms with E-state index < -0.39 is 0 Å². The molecule has 0 aliphatic carbocycles. The molecule has 0 aliphatic rings. The number of nitrogens with one attached hydrogen (secondary N) is 2. The molecular formula is C18H18ClN5O. The van der Waals surface area contributed by atoms with Gasteiger partial charge in [0.1, 0.15) is 11.6 Å². The zero-order valence-electron chi connectivity index (χ0n) is 13.9. The summed E-state index contributed by atoms with van der Waals surface area (Å²) in [6, 6.07) is 10.5. The largest absolute Gasteiger partial charge is 0.508 e. The zero-order chi connectivity index (χ0) is 17.8. The second kappa shape index (κ2) is 7.36. The van der Waals surface area contributed by atoms with E-state index >= 15 is 0 Å². The number of benzene rings is 1. The molecule has 0 bridgehead atoms. The molecule has 0 saturated carbocycles. The van der Waals surface area contributed by atoms with Crippen LogP contribution >= 0.6 is 11.6 Å². The smallest absolute Gasteiger partial charge is 0.225 e. The van der Waals surface area contributed by atoms with Crippen molar-refractivity contribution in [3.05, 3.63) is 53.8 Å². The van der Waals surface area contributed by atoms with Gasteiger partial charge in [-0.2, -0.15) is 4.98 Å². The lowest BCUT2D eigenvalue weighted by atomic mass is 10.2. The molecule has 0 unspecified atom stereocenters. The molecule has 2 aromatic heterocycles. The highest BCUT2D eigenvalue weighted by Crippen LogP contribution is 2.30. The Kier molecular flexibility index (Phi) is 5.00. The van der Waals surface area contributed by atoms with Crippen LogP contribution in [0.1, 0.15) is 13.8 Å². The summed E-state index contributed by atoms with van der Waals surface area (Å²) in [6.07, 6.45) is 3.44. The minimum atomic E-state index is 0.109. The average molecular weight is 356 g/mol. The lowest BCUT2D eigenvalue weighted by Crippen LogP contribution is -2.13. The minimum Gasteiger partial charge on any atom is -0.508 e. The van der Waals surface area contributed by atoms with E-state index in [1.807, 2.05) is 32.0 Å². The van der Waals surface area contributed by atoms with Gasteiger partial charge in [0.25, 0.3) is 0 Å². The molecule has 25 heavy (non-hydrogen) atoms. The Bertz CT molecular complexity index is 871. The summed E-state index contributed by atoms with van der Waals surface area (Å²) in [4.78, 5) is 13.1. The molecule has 2 heterocycles. The maximum Gasteiger partial charge on any atom is 0.225 e. The van der Waals surface area contributed by atoms with Crippen LogP contribution in [-0.4, -0.2) is 26.1 Å². The van der Waals surface area contributed by atoms with Crippen molar-refractivity contribution in [1.29, 1.82) is 0 Å². The molecule has 0 amide bonds. The first-order valence-corrected chi connectivity index (χ1v) is 8.20. The van der Waals surface area contributed by atoms with E-state index in [0.717, 1.165) is 11.3 Å². The summed E-state index contributed by atoms with van der Waals surface area (Å²) < 4.78 is 0. The summed E-state index contributed by atoms with van der Waals surface area (Å²) >= 11 is 6.17. The van der Waals surface area contributed by atoms with E-state index in [1.54, 1.807) is 24.5 Å². The highest BCUT2D eigenvalue weighted by Gasteiger charge is 2.10. The SMILES string of the molecule is CC(C)Nc1nc(Nc2ccc(O)cc2Cl)cc(-c2ccncc2)n1. The topological polar surface area (TPSA) is 83.0 Å². The van der Waals surface area contributed by atoms with Gasteiger partial charge in [0.2, 0.25) is 5.95 Å². The number of pyridine rings is 1. The molecule has 6 nitrogen and oxygen atoms in total. The number of anilines is 3. The molecule has 3 N–H and O–H groups in total. The van der Waals surface area contributed by atoms with E-state index in [4.69, 9.17) is 11.6 Å². The number of nitrogens with zero attached hydrogens (tertiary/aromatic N) is 3. The summed E-state index contributed by atoms with van der Waals surface area (Å²) in [5.74, 6) is 1.22. The van der Waals surface area contributed by atoms with Crippen molar-refractivity contribution in [2.45, 2.75) is 19.9 Å². The van der Waals surface area contributed by atoms with Gasteiger partial charge >= 0.3 is 0 Å². The van der Waals surface area contributed by atoms with Crippen LogP contribution in [0.5, 0.6) is 5.75 Å². The fourth-order valence-electron chi connectivity index (χ4n) is 2.25. The van der Waals surface area contributed by atoms with Crippen LogP contribution in [0.4, 0.5) is 17.5 Å². The van der Waals surface area contributed by atoms with Gasteiger partial charge in [-0.25, -0.2) is 4.98 Å². The van der Waals surface area contributed by atoms with Crippen molar-refractivity contribution in [1.82, 2.24) is 15.0 Å². The number of phenolic OH excluding ortho intramolecular Hbond substituents is 1. The van der Waals surface area contributed by atoms with Crippen molar-refractivity contribution in [2.24, 2.45) is 0 Å². The molecule has 0 spiro atoms. The van der Waals surface area contributed by atoms with E-state index in [9.17, 15) is 5.11 Å². The Labute approximate surface area is 150 Å². The number of hydrogen-bond donors (Lipinski definition) is 3. The van der Waals surface area contributed by atoms with E-state index in [0.29, 0.717) is 22.5 Å². The lowest BCUT2D eigenvalue weighted by molar-refractivity contribution is 0.475. The first-order valence-electron chi connectivity index (χ1n) is 7.83. The lowest BCUT2D eigenvalue weighted by Gasteiger charge is -2.14. The molecule has 0 fully saturated rings. The van der Waals surface area contributed by atoms with Gasteiger partial charge in [0.15, 0.2) is 0 Å². The van der Waals surface area contributed by atoms with Crippen molar-refractivity contribution in [3.8, 4) is 17.0 Å². The summed E-state index contributed by atoms with van der Waals surface area (Å²) in [5, 5.41) is 16.3. The number of phenols is 1. The Hall–Kier alpha value is -2.86. The van der Waals surface area contributed by atoms with Gasteiger partial charge in [-0.3, -0.25) is 4.98 Å². The summed E-state index contributed by atoms with van der Waals surface area (Å²) in [6.45, 7) is 4.04. The standard InChI is InChI=1S/C18H18ClN5O/c1-11(2)21-18-23-16(12-5-7-20-8-6-12)10-17(24-18)22-15-4-3-13(25)9-14(15)19/h3-11,25H,1-2H3,(H2,21,22,23,24). The third-order valence-electron chi connectivity index (χ3n) is 3.34. The maximum absolute atomic E-state index is 9.49. The number of hydrogen-bond acceptors (Lipinski definition) is 6. The third kappa shape index (κ3) is 4.36. The molecule has 0 radical (unpaired) electrons. The zero-order valence-corrected chi connectivity index (χ0v) is 14.6. The van der Waals surface area contributed by atoms with Crippen LogP contribution in [-0.2, 0) is 0 Å². The number of aromatic hydroxyl groups is 1. The number of halogens is 1. The molecule has 3 aromatic rings. The molecule has 0 atom stereocenters. The van der Waals surface area contributed by atoms with Crippen LogP contribution in [0.3, 0.4) is 0 Å². The quantitative estimate of drug-likeness (QED) is 0.586. The maximum atomic E-state index is 9.49.